The predicted octanol–water partition coefficient (Wildman–Crippen LogP) is 12.5. The Morgan fingerprint density at radius 3 is 0.832 bits per heavy atom. The molecule has 0 atom stereocenters. The molecule has 29 nitrogen and oxygen atoms in total. The van der Waals surface area contributed by atoms with Crippen LogP contribution in [0.1, 0.15) is 128 Å². The lowest BCUT2D eigenvalue weighted by Gasteiger charge is -2.35. The third-order valence-corrected chi connectivity index (χ3v) is 24.2. The number of carboxylic acids is 5. The van der Waals surface area contributed by atoms with Crippen LogP contribution in [0, 0.1) is 0 Å². The lowest BCUT2D eigenvalue weighted by Crippen LogP contribution is -2.48. The molecule has 10 rings (SSSR count). The van der Waals surface area contributed by atoms with Gasteiger partial charge in [0.05, 0.1) is 67.0 Å². The number of aromatic carboxylic acids is 5. The smallest absolute Gasteiger partial charge is 0.410 e. The van der Waals surface area contributed by atoms with Crippen molar-refractivity contribution in [2.45, 2.75) is 85.6 Å². The first-order chi connectivity index (χ1) is 53.7. The Balaban J connectivity index is 0.000000343. The van der Waals surface area contributed by atoms with Crippen molar-refractivity contribution in [2.24, 2.45) is 0 Å². The molecular weight excluding hydrogens is 1620 g/mol. The lowest BCUT2D eigenvalue weighted by molar-refractivity contribution is 0.0227. The average Bonchev–Trinajstić information content (AvgIpc) is 0.779. The number of amides is 1. The van der Waals surface area contributed by atoms with Crippen molar-refractivity contribution in [1.82, 2.24) is 50.7 Å². The summed E-state index contributed by atoms with van der Waals surface area (Å²) in [6, 6.07) is 35.1. The minimum atomic E-state index is -3.04. The van der Waals surface area contributed by atoms with Crippen molar-refractivity contribution in [3.8, 4) is 0 Å². The number of hydrogen-bond acceptors (Lipinski definition) is 23. The summed E-state index contributed by atoms with van der Waals surface area (Å²) in [5.41, 5.74) is 7.21. The van der Waals surface area contributed by atoms with E-state index in [2.05, 4.69) is 61.7 Å². The fourth-order valence-corrected chi connectivity index (χ4v) is 14.5. The van der Waals surface area contributed by atoms with Crippen LogP contribution in [0.15, 0.2) is 121 Å². The second-order valence-corrected chi connectivity index (χ2v) is 37.1. The Morgan fingerprint density at radius 1 is 0.381 bits per heavy atom. The van der Waals surface area contributed by atoms with Crippen molar-refractivity contribution in [2.75, 3.05) is 188 Å². The summed E-state index contributed by atoms with van der Waals surface area (Å²) < 4.78 is 59.8. The summed E-state index contributed by atoms with van der Waals surface area (Å²) >= 11 is 13.8. The monoisotopic (exact) mass is 1740 g/mol. The summed E-state index contributed by atoms with van der Waals surface area (Å²) in [6.45, 7) is 40.2. The Hall–Kier alpha value is -6.05. The van der Waals surface area contributed by atoms with E-state index in [-0.39, 0.29) is 17.3 Å². The molecule has 5 heterocycles. The first kappa shape index (κ1) is 101. The molecule has 0 aliphatic carbocycles. The van der Waals surface area contributed by atoms with E-state index in [0.717, 1.165) is 174 Å². The first-order valence-electron chi connectivity index (χ1n) is 37.7. The molecule has 5 aromatic carbocycles. The van der Waals surface area contributed by atoms with E-state index in [4.69, 9.17) is 71.6 Å². The highest BCUT2D eigenvalue weighted by Crippen LogP contribution is 2.49. The zero-order valence-corrected chi connectivity index (χ0v) is 72.6. The maximum absolute atomic E-state index is 12.6. The number of carbonyl (C=O) groups is 6. The molecule has 0 bridgehead atoms. The largest absolute Gasteiger partial charge is 0.478 e. The van der Waals surface area contributed by atoms with Gasteiger partial charge in [-0.1, -0.05) is 76.6 Å². The van der Waals surface area contributed by atoms with Crippen molar-refractivity contribution in [1.29, 1.82) is 0 Å². The second-order valence-electron chi connectivity index (χ2n) is 27.7. The van der Waals surface area contributed by atoms with E-state index in [1.54, 1.807) is 105 Å². The number of ether oxygens (including phenoxy) is 1. The van der Waals surface area contributed by atoms with Gasteiger partial charge in [-0.15, -0.1) is 23.2 Å². The molecule has 0 unspecified atom stereocenters. The highest BCUT2D eigenvalue weighted by molar-refractivity contribution is 9.08. The van der Waals surface area contributed by atoms with Gasteiger partial charge >= 0.3 is 51.1 Å². The molecule has 5 aliphatic heterocycles. The van der Waals surface area contributed by atoms with Crippen LogP contribution < -0.4 is 21.3 Å². The van der Waals surface area contributed by atoms with Crippen LogP contribution in [0.3, 0.4) is 0 Å². The van der Waals surface area contributed by atoms with Gasteiger partial charge in [0.2, 0.25) is 0 Å². The van der Waals surface area contributed by atoms with E-state index in [1.807, 2.05) is 83.1 Å². The maximum Gasteiger partial charge on any atom is 0.410 e. The lowest BCUT2D eigenvalue weighted by atomic mass is 10.1. The third-order valence-electron chi connectivity index (χ3n) is 16.8. The first-order valence-corrected chi connectivity index (χ1v) is 46.1. The molecule has 0 saturated carbocycles. The number of halogens is 3. The minimum absolute atomic E-state index is 0.0747. The van der Waals surface area contributed by atoms with E-state index < -0.39 is 52.2 Å². The second kappa shape index (κ2) is 55.5. The number of alkyl halides is 3. The summed E-state index contributed by atoms with van der Waals surface area (Å²) in [5.74, 6) is -4.39. The molecule has 0 radical (unpaired) electrons. The van der Waals surface area contributed by atoms with Gasteiger partial charge < -0.3 is 79.1 Å². The minimum Gasteiger partial charge on any atom is -0.478 e. The summed E-state index contributed by atoms with van der Waals surface area (Å²) in [5, 5.41) is 57.7. The number of benzene rings is 5. The van der Waals surface area contributed by atoms with Gasteiger partial charge in [0, 0.05) is 162 Å². The normalized spacial score (nSPS) is 15.8. The van der Waals surface area contributed by atoms with Crippen LogP contribution in [0.4, 0.5) is 4.79 Å². The molecule has 5 aliphatic rings. The molecule has 5 aromatic rings. The maximum atomic E-state index is 12.6. The highest BCUT2D eigenvalue weighted by Gasteiger charge is 2.30. The van der Waals surface area contributed by atoms with Gasteiger partial charge in [-0.25, -0.2) is 28.8 Å². The van der Waals surface area contributed by atoms with E-state index >= 15 is 0 Å². The Morgan fingerprint density at radius 2 is 0.611 bits per heavy atom. The third kappa shape index (κ3) is 44.7. The van der Waals surface area contributed by atoms with Gasteiger partial charge in [0.1, 0.15) is 17.5 Å². The summed E-state index contributed by atoms with van der Waals surface area (Å²) in [4.78, 5) is 78.1. The van der Waals surface area contributed by atoms with Gasteiger partial charge in [-0.3, -0.25) is 33.6 Å². The van der Waals surface area contributed by atoms with Crippen LogP contribution in [0.5, 0.6) is 0 Å². The van der Waals surface area contributed by atoms with E-state index in [0.29, 0.717) is 66.2 Å². The van der Waals surface area contributed by atoms with Crippen LogP contribution in [-0.2, 0) is 68.0 Å². The zero-order valence-electron chi connectivity index (χ0n) is 66.8. The van der Waals surface area contributed by atoms with Gasteiger partial charge in [-0.2, -0.15) is 0 Å². The number of hydrogen-bond donors (Lipinski definition) is 9. The van der Waals surface area contributed by atoms with Gasteiger partial charge in [0.25, 0.3) is 0 Å². The van der Waals surface area contributed by atoms with Crippen LogP contribution in [0.25, 0.3) is 0 Å². The van der Waals surface area contributed by atoms with Crippen molar-refractivity contribution >= 4 is 97.4 Å². The summed E-state index contributed by atoms with van der Waals surface area (Å²) in [6.07, 6.45) is 0.129. The van der Waals surface area contributed by atoms with Crippen molar-refractivity contribution in [3.63, 3.8) is 0 Å². The molecule has 5 fully saturated rings. The Kier molecular flexibility index (Phi) is 49.7. The molecular formula is C78H120BrCl2N10O19P3. The molecule has 9 N–H and O–H groups in total. The molecule has 632 valence electrons. The van der Waals surface area contributed by atoms with E-state index in [9.17, 15) is 42.5 Å². The molecule has 1 amide bonds. The van der Waals surface area contributed by atoms with Crippen LogP contribution in [-0.4, -0.2) is 285 Å². The molecule has 0 aromatic heterocycles. The quantitative estimate of drug-likeness (QED) is 0.0183. The molecule has 0 spiro atoms. The van der Waals surface area contributed by atoms with Crippen molar-refractivity contribution < 1.29 is 90.8 Å². The number of carboxylic acid groups (broad SMARTS) is 5. The Labute approximate surface area is 685 Å². The fourth-order valence-electron chi connectivity index (χ4n) is 10.9. The van der Waals surface area contributed by atoms with Crippen LogP contribution in [0.2, 0.25) is 0 Å². The van der Waals surface area contributed by atoms with E-state index in [1.165, 1.54) is 16.7 Å². The Bertz CT molecular complexity index is 3500. The standard InChI is InChI=1S/C17H27N2O5P.3C12H16N2O2.C9H18N2O2.C8H7BrO2.C5H12ClO3P.C3H8ClOP/c1-3-23-25(22,24-4-2)14-19-11-9-18(10-12-19)13-15-5-7-16(8-6-15)17(20)21;3*15-12(16)11-3-1-10(2-4-11)9-14-7-5-13-6-8-14;1-9(2,3)13-8(12)11-6-4-10-5-7-11;9-5-6-1-3-7(4-2-6)8(10)11;1-3-8-10(7,5-6)9-4-2;1-6(2,5)3-4/h5-8H,3-4,9-14H2,1-2H3,(H,20,21);3*1-4,13H,5-9H2,(H,15,16);10H,4-7H2,1-3H3;1-4H,5H2,(H,10,11);3-5H2,1-2H3;3H2,1-2H3. The number of piperazine rings is 5. The van der Waals surface area contributed by atoms with Crippen LogP contribution >= 0.6 is 61.5 Å². The zero-order chi connectivity index (χ0) is 83.8. The fraction of sp³-hybridized carbons (Fsp3) is 0.538. The topological polar surface area (TPSA) is 368 Å². The molecule has 113 heavy (non-hydrogen) atoms. The van der Waals surface area contributed by atoms with Gasteiger partial charge in [-0.05, 0) is 150 Å². The van der Waals surface area contributed by atoms with Crippen molar-refractivity contribution in [3.05, 3.63) is 177 Å². The molecule has 35 heteroatoms. The predicted molar refractivity (Wildman–Crippen MR) is 449 cm³/mol. The summed E-state index contributed by atoms with van der Waals surface area (Å²) in [7, 11) is -7.85. The average molecular weight is 1750 g/mol. The highest BCUT2D eigenvalue weighted by atomic mass is 79.9. The van der Waals surface area contributed by atoms with Gasteiger partial charge in [0.15, 0.2) is 0 Å². The SMILES string of the molecule is CC(C)(C)OC(=O)N1CCNCC1.CCOP(=O)(CCl)OCC.CCOP(=O)(CN1CCN(Cc2ccc(C(=O)O)cc2)CC1)OCC.CP(C)(=O)CCl.O=C(O)c1ccc(CBr)cc1.O=C(O)c1ccc(CN2CCNCC2)cc1.O=C(O)c1ccc(CN2CCNCC2)cc1.O=C(O)c1ccc(CN2CCNCC2)cc1. The number of nitrogens with one attached hydrogen (secondary N) is 4. The number of rotatable bonds is 26. The number of carbonyl (C=O) groups excluding carboxylic acids is 1. The number of nitrogens with zero attached hydrogens (tertiary/aromatic N) is 6. The molecule has 5 saturated heterocycles.